The summed E-state index contributed by atoms with van der Waals surface area (Å²) < 4.78 is 4.69. The van der Waals surface area contributed by atoms with Crippen molar-refractivity contribution in [3.8, 4) is 0 Å². The summed E-state index contributed by atoms with van der Waals surface area (Å²) in [6, 6.07) is 13.5. The van der Waals surface area contributed by atoms with Crippen LogP contribution in [0.4, 0.5) is 5.69 Å². The maximum absolute atomic E-state index is 11.5. The highest BCUT2D eigenvalue weighted by molar-refractivity contribution is 5.87. The second kappa shape index (κ2) is 5.36. The van der Waals surface area contributed by atoms with E-state index in [1.807, 2.05) is 42.5 Å². The number of nitrogens with one attached hydrogen (secondary N) is 1. The lowest BCUT2D eigenvalue weighted by atomic mass is 10.1. The van der Waals surface area contributed by atoms with E-state index in [4.69, 9.17) is 4.74 Å². The molecule has 1 N–H and O–H groups in total. The zero-order valence-corrected chi connectivity index (χ0v) is 10.2. The molecule has 2 aromatic rings. The van der Waals surface area contributed by atoms with E-state index in [-0.39, 0.29) is 5.97 Å². The first-order chi connectivity index (χ1) is 8.74. The zero-order valence-electron chi connectivity index (χ0n) is 10.2. The van der Waals surface area contributed by atoms with Crippen molar-refractivity contribution >= 4 is 22.4 Å². The molecule has 0 spiro atoms. The molecule has 0 aliphatic carbocycles. The van der Waals surface area contributed by atoms with Crippen LogP contribution in [0.15, 0.2) is 55.1 Å². The Labute approximate surface area is 106 Å². The Balaban J connectivity index is 2.26. The van der Waals surface area contributed by atoms with Crippen LogP contribution in [0.5, 0.6) is 0 Å². The fourth-order valence-electron chi connectivity index (χ4n) is 1.80. The van der Waals surface area contributed by atoms with Crippen molar-refractivity contribution in [3.05, 3.63) is 55.1 Å². The van der Waals surface area contributed by atoms with Gasteiger partial charge in [0.1, 0.15) is 6.04 Å². The van der Waals surface area contributed by atoms with Gasteiger partial charge in [0.2, 0.25) is 0 Å². The van der Waals surface area contributed by atoms with Gasteiger partial charge in [-0.05, 0) is 22.9 Å². The molecule has 0 bridgehead atoms. The molecule has 3 heteroatoms. The molecule has 1 atom stereocenters. The van der Waals surface area contributed by atoms with Gasteiger partial charge in [0.15, 0.2) is 0 Å². The first-order valence-electron chi connectivity index (χ1n) is 5.70. The number of ether oxygens (including phenoxy) is 1. The van der Waals surface area contributed by atoms with Crippen LogP contribution in [0.25, 0.3) is 10.8 Å². The Morgan fingerprint density at radius 3 is 2.67 bits per heavy atom. The lowest BCUT2D eigenvalue weighted by molar-refractivity contribution is -0.140. The van der Waals surface area contributed by atoms with E-state index in [0.717, 1.165) is 16.5 Å². The molecule has 2 aromatic carbocycles. The summed E-state index contributed by atoms with van der Waals surface area (Å²) in [5.41, 5.74) is 0.865. The van der Waals surface area contributed by atoms with Crippen molar-refractivity contribution in [2.24, 2.45) is 0 Å². The minimum Gasteiger partial charge on any atom is -0.467 e. The van der Waals surface area contributed by atoms with Crippen LogP contribution in [0.2, 0.25) is 0 Å². The Morgan fingerprint density at radius 1 is 1.28 bits per heavy atom. The summed E-state index contributed by atoms with van der Waals surface area (Å²) in [6.07, 6.45) is 1.53. The molecular weight excluding hydrogens is 226 g/mol. The third-order valence-electron chi connectivity index (χ3n) is 2.76. The second-order valence-corrected chi connectivity index (χ2v) is 3.94. The van der Waals surface area contributed by atoms with Crippen LogP contribution in [0.1, 0.15) is 0 Å². The van der Waals surface area contributed by atoms with Crippen molar-refractivity contribution in [3.63, 3.8) is 0 Å². The van der Waals surface area contributed by atoms with Crippen molar-refractivity contribution in [2.45, 2.75) is 6.04 Å². The second-order valence-electron chi connectivity index (χ2n) is 3.94. The van der Waals surface area contributed by atoms with Crippen LogP contribution >= 0.6 is 0 Å². The highest BCUT2D eigenvalue weighted by Crippen LogP contribution is 2.19. The number of fused-ring (bicyclic) bond motifs is 1. The smallest absolute Gasteiger partial charge is 0.332 e. The Kier molecular flexibility index (Phi) is 3.63. The number of carbonyl (C=O) groups excluding carboxylic acids is 1. The van der Waals surface area contributed by atoms with Gasteiger partial charge in [0.25, 0.3) is 0 Å². The first-order valence-corrected chi connectivity index (χ1v) is 5.70. The van der Waals surface area contributed by atoms with Crippen LogP contribution < -0.4 is 5.32 Å². The summed E-state index contributed by atoms with van der Waals surface area (Å²) in [6.45, 7) is 3.63. The molecule has 0 aliphatic heterocycles. The van der Waals surface area contributed by atoms with Gasteiger partial charge < -0.3 is 10.1 Å². The molecule has 0 heterocycles. The van der Waals surface area contributed by atoms with Gasteiger partial charge in [0.05, 0.1) is 7.11 Å². The van der Waals surface area contributed by atoms with Crippen LogP contribution in [0, 0.1) is 0 Å². The molecule has 0 saturated carbocycles. The lowest BCUT2D eigenvalue weighted by Crippen LogP contribution is -2.28. The number of rotatable bonds is 4. The summed E-state index contributed by atoms with van der Waals surface area (Å²) in [5, 5.41) is 5.36. The van der Waals surface area contributed by atoms with E-state index >= 15 is 0 Å². The summed E-state index contributed by atoms with van der Waals surface area (Å²) >= 11 is 0. The fraction of sp³-hybridized carbons (Fsp3) is 0.133. The monoisotopic (exact) mass is 241 g/mol. The number of benzene rings is 2. The molecule has 1 unspecified atom stereocenters. The Morgan fingerprint density at radius 2 is 2.00 bits per heavy atom. The topological polar surface area (TPSA) is 38.3 Å². The van der Waals surface area contributed by atoms with Crippen LogP contribution in [-0.2, 0) is 9.53 Å². The van der Waals surface area contributed by atoms with Gasteiger partial charge in [-0.1, -0.05) is 36.4 Å². The Bertz CT molecular complexity index is 577. The van der Waals surface area contributed by atoms with Gasteiger partial charge in [-0.25, -0.2) is 4.79 Å². The molecule has 0 fully saturated rings. The van der Waals surface area contributed by atoms with Crippen molar-refractivity contribution < 1.29 is 9.53 Å². The summed E-state index contributed by atoms with van der Waals surface area (Å²) in [4.78, 5) is 11.5. The Hall–Kier alpha value is -2.29. The van der Waals surface area contributed by atoms with Crippen LogP contribution in [0.3, 0.4) is 0 Å². The first kappa shape index (κ1) is 12.2. The quantitative estimate of drug-likeness (QED) is 0.660. The number of methoxy groups -OCH3 is 1. The van der Waals surface area contributed by atoms with Crippen LogP contribution in [-0.4, -0.2) is 19.1 Å². The van der Waals surface area contributed by atoms with Gasteiger partial charge in [-0.2, -0.15) is 0 Å². The standard InChI is InChI=1S/C15H15NO2/c1-3-14(15(17)18-2)16-13-9-8-11-6-4-5-7-12(11)10-13/h3-10,14,16H,1H2,2H3. The van der Waals surface area contributed by atoms with E-state index in [0.29, 0.717) is 0 Å². The normalized spacial score (nSPS) is 11.8. The summed E-state index contributed by atoms with van der Waals surface area (Å²) in [5.74, 6) is -0.349. The van der Waals surface area contributed by atoms with Crippen molar-refractivity contribution in [1.29, 1.82) is 0 Å². The molecular formula is C15H15NO2. The highest BCUT2D eigenvalue weighted by Gasteiger charge is 2.14. The lowest BCUT2D eigenvalue weighted by Gasteiger charge is -2.14. The van der Waals surface area contributed by atoms with Gasteiger partial charge in [-0.15, -0.1) is 6.58 Å². The molecule has 0 saturated heterocycles. The van der Waals surface area contributed by atoms with Crippen molar-refractivity contribution in [1.82, 2.24) is 0 Å². The molecule has 0 radical (unpaired) electrons. The number of hydrogen-bond donors (Lipinski definition) is 1. The molecule has 3 nitrogen and oxygen atoms in total. The molecule has 0 aromatic heterocycles. The molecule has 92 valence electrons. The SMILES string of the molecule is C=CC(Nc1ccc2ccccc2c1)C(=O)OC. The maximum Gasteiger partial charge on any atom is 0.332 e. The van der Waals surface area contributed by atoms with E-state index < -0.39 is 6.04 Å². The molecule has 2 rings (SSSR count). The number of carbonyl (C=O) groups is 1. The largest absolute Gasteiger partial charge is 0.467 e. The third-order valence-corrected chi connectivity index (χ3v) is 2.76. The molecule has 0 amide bonds. The zero-order chi connectivity index (χ0) is 13.0. The van der Waals surface area contributed by atoms with Gasteiger partial charge in [-0.3, -0.25) is 0 Å². The minimum absolute atomic E-state index is 0.349. The van der Waals surface area contributed by atoms with E-state index in [1.165, 1.54) is 13.2 Å². The fourth-order valence-corrected chi connectivity index (χ4v) is 1.80. The average molecular weight is 241 g/mol. The predicted molar refractivity (Wildman–Crippen MR) is 73.6 cm³/mol. The van der Waals surface area contributed by atoms with Gasteiger partial charge >= 0.3 is 5.97 Å². The van der Waals surface area contributed by atoms with Crippen molar-refractivity contribution in [2.75, 3.05) is 12.4 Å². The predicted octanol–water partition coefficient (Wildman–Crippen LogP) is 2.98. The number of hydrogen-bond acceptors (Lipinski definition) is 3. The number of anilines is 1. The average Bonchev–Trinajstić information content (AvgIpc) is 2.43. The van der Waals surface area contributed by atoms with E-state index in [1.54, 1.807) is 0 Å². The minimum atomic E-state index is -0.531. The van der Waals surface area contributed by atoms with Gasteiger partial charge in [0, 0.05) is 5.69 Å². The third kappa shape index (κ3) is 2.51. The molecule has 18 heavy (non-hydrogen) atoms. The van der Waals surface area contributed by atoms with E-state index in [9.17, 15) is 4.79 Å². The maximum atomic E-state index is 11.5. The molecule has 0 aliphatic rings. The highest BCUT2D eigenvalue weighted by atomic mass is 16.5. The number of esters is 1. The van der Waals surface area contributed by atoms with E-state index in [2.05, 4.69) is 11.9 Å². The summed E-state index contributed by atoms with van der Waals surface area (Å²) in [7, 11) is 1.36.